The van der Waals surface area contributed by atoms with E-state index in [2.05, 4.69) is 179 Å². The van der Waals surface area contributed by atoms with Crippen molar-refractivity contribution in [3.8, 4) is 22.3 Å². The molecule has 0 aliphatic carbocycles. The molecule has 2 aromatic heterocycles. The molecule has 0 aliphatic rings. The van der Waals surface area contributed by atoms with Crippen molar-refractivity contribution in [1.82, 2.24) is 8.75 Å². The standard InChI is InChI=1S/C45H44N4S/c1-32-12-16-37(17-13-32)42(36-10-7-6-8-11-36)43(38-18-14-33(2)15-19-38)39-22-20-34(21-23-39)40-24-25-41(45-44(40)46-50-47-45)35-26-29-48(30-27-35)28-9-31-49(3,4)5/h6-8,10-27,29-30H,9,28,31H2,1-5H3/q+2/b43-42+. The van der Waals surface area contributed by atoms with Crippen molar-refractivity contribution < 1.29 is 9.05 Å². The Kier molecular flexibility index (Phi) is 9.53. The van der Waals surface area contributed by atoms with Gasteiger partial charge < -0.3 is 4.48 Å². The number of fused-ring (bicyclic) bond motifs is 1. The van der Waals surface area contributed by atoms with Gasteiger partial charge >= 0.3 is 0 Å². The molecular weight excluding hydrogens is 629 g/mol. The fourth-order valence-electron chi connectivity index (χ4n) is 6.62. The molecular formula is C45H44N4S+2. The number of aromatic nitrogens is 3. The number of rotatable bonds is 10. The van der Waals surface area contributed by atoms with Crippen LogP contribution in [0.3, 0.4) is 0 Å². The minimum atomic E-state index is 0.943. The summed E-state index contributed by atoms with van der Waals surface area (Å²) in [5.74, 6) is 0. The van der Waals surface area contributed by atoms with Gasteiger partial charge in [0, 0.05) is 23.3 Å². The van der Waals surface area contributed by atoms with Crippen molar-refractivity contribution in [2.24, 2.45) is 0 Å². The molecule has 4 nitrogen and oxygen atoms in total. The number of benzene rings is 5. The summed E-state index contributed by atoms with van der Waals surface area (Å²) in [7, 11) is 6.73. The Labute approximate surface area is 300 Å². The topological polar surface area (TPSA) is 29.7 Å². The molecule has 7 aromatic rings. The predicted octanol–water partition coefficient (Wildman–Crippen LogP) is 10.0. The van der Waals surface area contributed by atoms with Gasteiger partial charge in [0.1, 0.15) is 11.0 Å². The second kappa shape index (κ2) is 14.3. The Hall–Kier alpha value is -5.23. The number of nitrogens with zero attached hydrogens (tertiary/aromatic N) is 4. The molecule has 248 valence electrons. The van der Waals surface area contributed by atoms with Crippen molar-refractivity contribution >= 4 is 33.9 Å². The molecule has 0 bridgehead atoms. The van der Waals surface area contributed by atoms with E-state index in [-0.39, 0.29) is 0 Å². The molecule has 0 atom stereocenters. The molecule has 0 amide bonds. The zero-order valence-electron chi connectivity index (χ0n) is 29.6. The Morgan fingerprint density at radius 1 is 0.540 bits per heavy atom. The highest BCUT2D eigenvalue weighted by molar-refractivity contribution is 7.00. The van der Waals surface area contributed by atoms with E-state index in [0.29, 0.717) is 0 Å². The minimum Gasteiger partial charge on any atom is -0.331 e. The first-order valence-corrected chi connectivity index (χ1v) is 18.1. The van der Waals surface area contributed by atoms with Gasteiger partial charge in [0.25, 0.3) is 0 Å². The summed E-state index contributed by atoms with van der Waals surface area (Å²) in [5, 5.41) is 0. The molecule has 0 saturated heterocycles. The van der Waals surface area contributed by atoms with Crippen LogP contribution in [0.2, 0.25) is 0 Å². The van der Waals surface area contributed by atoms with Gasteiger partial charge in [-0.25, -0.2) is 4.57 Å². The van der Waals surface area contributed by atoms with Gasteiger partial charge in [-0.05, 0) is 58.4 Å². The van der Waals surface area contributed by atoms with Crippen LogP contribution in [0.5, 0.6) is 0 Å². The van der Waals surface area contributed by atoms with E-state index in [0.717, 1.165) is 57.3 Å². The van der Waals surface area contributed by atoms with E-state index in [1.807, 2.05) is 0 Å². The highest BCUT2D eigenvalue weighted by Crippen LogP contribution is 2.39. The van der Waals surface area contributed by atoms with Crippen LogP contribution < -0.4 is 4.57 Å². The van der Waals surface area contributed by atoms with Gasteiger partial charge in [-0.1, -0.05) is 126 Å². The normalized spacial score (nSPS) is 12.3. The summed E-state index contributed by atoms with van der Waals surface area (Å²) < 4.78 is 12.8. The lowest BCUT2D eigenvalue weighted by atomic mass is 9.85. The largest absolute Gasteiger partial charge is 0.331 e. The maximum Gasteiger partial charge on any atom is 0.169 e. The Balaban J connectivity index is 1.27. The second-order valence-corrected chi connectivity index (χ2v) is 14.8. The van der Waals surface area contributed by atoms with Crippen LogP contribution in [0.15, 0.2) is 140 Å². The summed E-state index contributed by atoms with van der Waals surface area (Å²) >= 11 is 1.28. The molecule has 0 radical (unpaired) electrons. The lowest BCUT2D eigenvalue weighted by Crippen LogP contribution is -2.39. The van der Waals surface area contributed by atoms with Crippen LogP contribution in [0.1, 0.15) is 39.8 Å². The highest BCUT2D eigenvalue weighted by atomic mass is 32.1. The van der Waals surface area contributed by atoms with Crippen LogP contribution in [0.4, 0.5) is 0 Å². The van der Waals surface area contributed by atoms with Gasteiger partial charge in [-0.15, -0.1) is 0 Å². The Morgan fingerprint density at radius 2 is 0.980 bits per heavy atom. The van der Waals surface area contributed by atoms with E-state index >= 15 is 0 Å². The van der Waals surface area contributed by atoms with Gasteiger partial charge in [-0.3, -0.25) is 0 Å². The van der Waals surface area contributed by atoms with E-state index in [1.165, 1.54) is 56.3 Å². The van der Waals surface area contributed by atoms with Crippen molar-refractivity contribution in [3.63, 3.8) is 0 Å². The van der Waals surface area contributed by atoms with Crippen LogP contribution in [0.25, 0.3) is 44.4 Å². The zero-order chi connectivity index (χ0) is 34.7. The third kappa shape index (κ3) is 7.35. The number of pyridine rings is 1. The molecule has 50 heavy (non-hydrogen) atoms. The van der Waals surface area contributed by atoms with E-state index < -0.39 is 0 Å². The molecule has 5 heteroatoms. The van der Waals surface area contributed by atoms with Crippen LogP contribution in [-0.4, -0.2) is 40.9 Å². The summed E-state index contributed by atoms with van der Waals surface area (Å²) in [5.41, 5.74) is 16.1. The predicted molar refractivity (Wildman–Crippen MR) is 210 cm³/mol. The molecule has 2 heterocycles. The lowest BCUT2D eigenvalue weighted by molar-refractivity contribution is -0.873. The SMILES string of the molecule is Cc1ccc(/C(=C(\c2ccc(C)cc2)c2ccc(-c3ccc(-c4cc[n+](CCC[N+](C)(C)C)cc4)c4nsnc34)cc2)c2ccccc2)cc1. The molecule has 0 aliphatic heterocycles. The first-order chi connectivity index (χ1) is 24.2. The molecule has 0 unspecified atom stereocenters. The highest BCUT2D eigenvalue weighted by Gasteiger charge is 2.18. The molecule has 0 saturated carbocycles. The number of hydrogen-bond acceptors (Lipinski definition) is 3. The first-order valence-electron chi connectivity index (χ1n) is 17.3. The molecule has 0 spiro atoms. The summed E-state index contributed by atoms with van der Waals surface area (Å²) in [4.78, 5) is 0. The van der Waals surface area contributed by atoms with Gasteiger partial charge in [0.2, 0.25) is 0 Å². The number of quaternary nitrogens is 1. The van der Waals surface area contributed by atoms with E-state index in [1.54, 1.807) is 0 Å². The number of hydrogen-bond donors (Lipinski definition) is 0. The van der Waals surface area contributed by atoms with Gasteiger partial charge in [-0.2, -0.15) is 8.75 Å². The van der Waals surface area contributed by atoms with Gasteiger partial charge in [0.05, 0.1) is 45.8 Å². The van der Waals surface area contributed by atoms with Crippen molar-refractivity contribution in [2.75, 3.05) is 27.7 Å². The first kappa shape index (κ1) is 33.3. The van der Waals surface area contributed by atoms with Crippen molar-refractivity contribution in [1.29, 1.82) is 0 Å². The van der Waals surface area contributed by atoms with Crippen molar-refractivity contribution in [3.05, 3.63) is 173 Å². The third-order valence-electron chi connectivity index (χ3n) is 9.34. The monoisotopic (exact) mass is 672 g/mol. The second-order valence-electron chi connectivity index (χ2n) is 14.2. The molecule has 5 aromatic carbocycles. The molecule has 0 fully saturated rings. The average Bonchev–Trinajstić information content (AvgIpc) is 3.62. The van der Waals surface area contributed by atoms with Crippen molar-refractivity contribution in [2.45, 2.75) is 26.8 Å². The minimum absolute atomic E-state index is 0.943. The van der Waals surface area contributed by atoms with Crippen LogP contribution in [0, 0.1) is 13.8 Å². The quantitative estimate of drug-likeness (QED) is 0.0823. The van der Waals surface area contributed by atoms with E-state index in [9.17, 15) is 0 Å². The lowest BCUT2D eigenvalue weighted by Gasteiger charge is -2.22. The summed E-state index contributed by atoms with van der Waals surface area (Å²) in [6.45, 7) is 6.44. The average molecular weight is 673 g/mol. The summed E-state index contributed by atoms with van der Waals surface area (Å²) in [6.07, 6.45) is 5.51. The van der Waals surface area contributed by atoms with E-state index in [4.69, 9.17) is 8.75 Å². The number of aryl methyl sites for hydroxylation is 3. The van der Waals surface area contributed by atoms with Crippen LogP contribution >= 0.6 is 11.7 Å². The Bertz CT molecular complexity index is 2240. The third-order valence-corrected chi connectivity index (χ3v) is 9.87. The van der Waals surface area contributed by atoms with Crippen LogP contribution in [-0.2, 0) is 6.54 Å². The van der Waals surface area contributed by atoms with Gasteiger partial charge in [0.15, 0.2) is 18.9 Å². The molecule has 0 N–H and O–H groups in total. The molecule has 7 rings (SSSR count). The zero-order valence-corrected chi connectivity index (χ0v) is 30.4. The fourth-order valence-corrected chi connectivity index (χ4v) is 7.19. The fraction of sp³-hybridized carbons (Fsp3) is 0.178. The maximum absolute atomic E-state index is 4.80. The summed E-state index contributed by atoms with van der Waals surface area (Å²) in [6, 6.07) is 46.3. The Morgan fingerprint density at radius 3 is 1.46 bits per heavy atom. The maximum atomic E-state index is 4.80. The smallest absolute Gasteiger partial charge is 0.169 e.